The lowest BCUT2D eigenvalue weighted by Crippen LogP contribution is -2.16. The molecule has 0 aliphatic carbocycles. The van der Waals surface area contributed by atoms with Gasteiger partial charge in [-0.3, -0.25) is 9.48 Å². The van der Waals surface area contributed by atoms with Crippen molar-refractivity contribution in [1.29, 1.82) is 0 Å². The first-order valence-corrected chi connectivity index (χ1v) is 7.23. The number of hydrogen-bond acceptors (Lipinski definition) is 2. The second-order valence-electron chi connectivity index (χ2n) is 4.62. The maximum atomic E-state index is 11.6. The first kappa shape index (κ1) is 15.1. The van der Waals surface area contributed by atoms with E-state index in [1.54, 1.807) is 28.9 Å². The van der Waals surface area contributed by atoms with Crippen LogP contribution < -0.4 is 0 Å². The number of carbonyl (C=O) groups is 1. The molecular formula is C14H14BrClN2O2. The van der Waals surface area contributed by atoms with E-state index >= 15 is 0 Å². The van der Waals surface area contributed by atoms with Gasteiger partial charge in [0, 0.05) is 18.5 Å². The highest BCUT2D eigenvalue weighted by Crippen LogP contribution is 2.28. The molecule has 1 atom stereocenters. The van der Waals surface area contributed by atoms with Gasteiger partial charge in [-0.05, 0) is 40.5 Å². The van der Waals surface area contributed by atoms with Crippen LogP contribution in [0.1, 0.15) is 22.9 Å². The van der Waals surface area contributed by atoms with Gasteiger partial charge in [0.15, 0.2) is 0 Å². The lowest BCUT2D eigenvalue weighted by molar-refractivity contribution is -0.138. The van der Waals surface area contributed by atoms with Crippen molar-refractivity contribution >= 4 is 33.5 Å². The molecule has 106 valence electrons. The summed E-state index contributed by atoms with van der Waals surface area (Å²) in [5.74, 6) is -1.53. The minimum Gasteiger partial charge on any atom is -0.481 e. The maximum absolute atomic E-state index is 11.6. The van der Waals surface area contributed by atoms with Gasteiger partial charge in [-0.1, -0.05) is 23.7 Å². The molecule has 6 heteroatoms. The molecule has 2 rings (SSSR count). The fourth-order valence-electron chi connectivity index (χ4n) is 2.17. The Morgan fingerprint density at radius 3 is 2.75 bits per heavy atom. The van der Waals surface area contributed by atoms with Gasteiger partial charge in [-0.2, -0.15) is 5.10 Å². The number of benzene rings is 1. The number of hydrogen-bond donors (Lipinski definition) is 1. The summed E-state index contributed by atoms with van der Waals surface area (Å²) < 4.78 is 2.56. The molecule has 1 aromatic heterocycles. The van der Waals surface area contributed by atoms with E-state index in [-0.39, 0.29) is 0 Å². The Labute approximate surface area is 130 Å². The lowest BCUT2D eigenvalue weighted by atomic mass is 9.94. The zero-order valence-corrected chi connectivity index (χ0v) is 13.4. The Morgan fingerprint density at radius 1 is 1.55 bits per heavy atom. The average molecular weight is 358 g/mol. The molecule has 0 saturated carbocycles. The van der Waals surface area contributed by atoms with E-state index in [0.29, 0.717) is 17.0 Å². The highest BCUT2D eigenvalue weighted by atomic mass is 79.9. The summed E-state index contributed by atoms with van der Waals surface area (Å²) in [6, 6.07) is 6.96. The van der Waals surface area contributed by atoms with Gasteiger partial charge < -0.3 is 5.11 Å². The number of aromatic nitrogens is 2. The Hall–Kier alpha value is -1.33. The van der Waals surface area contributed by atoms with E-state index in [1.807, 2.05) is 14.0 Å². The zero-order valence-electron chi connectivity index (χ0n) is 11.1. The second kappa shape index (κ2) is 5.97. The minimum atomic E-state index is -0.877. The van der Waals surface area contributed by atoms with E-state index in [0.717, 1.165) is 15.9 Å². The number of halogens is 2. The number of rotatable bonds is 4. The predicted octanol–water partition coefficient (Wildman–Crippen LogP) is 3.56. The van der Waals surface area contributed by atoms with Crippen molar-refractivity contribution in [1.82, 2.24) is 9.78 Å². The summed E-state index contributed by atoms with van der Waals surface area (Å²) in [5.41, 5.74) is 2.39. The highest BCUT2D eigenvalue weighted by molar-refractivity contribution is 9.10. The van der Waals surface area contributed by atoms with Crippen molar-refractivity contribution in [3.8, 4) is 0 Å². The molecule has 2 aromatic rings. The summed E-state index contributed by atoms with van der Waals surface area (Å²) in [4.78, 5) is 11.6. The first-order chi connectivity index (χ1) is 9.40. The molecule has 0 fully saturated rings. The minimum absolute atomic E-state index is 0.355. The molecule has 0 radical (unpaired) electrons. The molecule has 0 aliphatic heterocycles. The Bertz CT molecular complexity index is 655. The van der Waals surface area contributed by atoms with Crippen LogP contribution in [-0.4, -0.2) is 20.9 Å². The zero-order chi connectivity index (χ0) is 14.9. The van der Waals surface area contributed by atoms with Crippen molar-refractivity contribution in [2.24, 2.45) is 7.05 Å². The van der Waals surface area contributed by atoms with Crippen LogP contribution in [0.3, 0.4) is 0 Å². The topological polar surface area (TPSA) is 55.1 Å². The monoisotopic (exact) mass is 356 g/mol. The van der Waals surface area contributed by atoms with Crippen LogP contribution in [0.2, 0.25) is 5.02 Å². The Balaban J connectivity index is 2.38. The third-order valence-corrected chi connectivity index (χ3v) is 4.47. The SMILES string of the molecule is Cc1nn(C)c(CC(C(=O)O)c2cccc(Cl)c2)c1Br. The summed E-state index contributed by atoms with van der Waals surface area (Å²) >= 11 is 9.41. The molecule has 0 bridgehead atoms. The van der Waals surface area contributed by atoms with Crippen LogP contribution in [0.15, 0.2) is 28.7 Å². The highest BCUT2D eigenvalue weighted by Gasteiger charge is 2.24. The Morgan fingerprint density at radius 2 is 2.25 bits per heavy atom. The molecule has 4 nitrogen and oxygen atoms in total. The molecule has 1 aromatic carbocycles. The fraction of sp³-hybridized carbons (Fsp3) is 0.286. The van der Waals surface area contributed by atoms with E-state index < -0.39 is 11.9 Å². The molecule has 0 saturated heterocycles. The van der Waals surface area contributed by atoms with Crippen LogP contribution in [0.5, 0.6) is 0 Å². The van der Waals surface area contributed by atoms with Crippen LogP contribution in [-0.2, 0) is 18.3 Å². The Kier molecular flexibility index (Phi) is 4.50. The van der Waals surface area contributed by atoms with E-state index in [1.165, 1.54) is 0 Å². The van der Waals surface area contributed by atoms with Gasteiger partial charge in [-0.25, -0.2) is 0 Å². The smallest absolute Gasteiger partial charge is 0.311 e. The van der Waals surface area contributed by atoms with Gasteiger partial charge in [0.2, 0.25) is 0 Å². The van der Waals surface area contributed by atoms with Crippen molar-refractivity contribution < 1.29 is 9.90 Å². The number of carboxylic acid groups (broad SMARTS) is 1. The molecular weight excluding hydrogens is 344 g/mol. The van der Waals surface area contributed by atoms with Gasteiger partial charge in [0.05, 0.1) is 21.8 Å². The van der Waals surface area contributed by atoms with Gasteiger partial charge in [0.1, 0.15) is 0 Å². The molecule has 0 amide bonds. The lowest BCUT2D eigenvalue weighted by Gasteiger charge is -2.13. The number of aryl methyl sites for hydroxylation is 2. The van der Waals surface area contributed by atoms with Gasteiger partial charge >= 0.3 is 5.97 Å². The first-order valence-electron chi connectivity index (χ1n) is 6.06. The predicted molar refractivity (Wildman–Crippen MR) is 81.2 cm³/mol. The molecule has 0 spiro atoms. The average Bonchev–Trinajstić information content (AvgIpc) is 2.60. The van der Waals surface area contributed by atoms with Crippen LogP contribution in [0.25, 0.3) is 0 Å². The van der Waals surface area contributed by atoms with Crippen molar-refractivity contribution in [2.45, 2.75) is 19.3 Å². The number of nitrogens with zero attached hydrogens (tertiary/aromatic N) is 2. The van der Waals surface area contributed by atoms with Crippen molar-refractivity contribution in [3.05, 3.63) is 50.7 Å². The van der Waals surface area contributed by atoms with E-state index in [2.05, 4.69) is 21.0 Å². The van der Waals surface area contributed by atoms with Crippen molar-refractivity contribution in [2.75, 3.05) is 0 Å². The van der Waals surface area contributed by atoms with Crippen LogP contribution in [0, 0.1) is 6.92 Å². The third kappa shape index (κ3) is 3.04. The molecule has 1 unspecified atom stereocenters. The summed E-state index contributed by atoms with van der Waals surface area (Å²) in [6.07, 6.45) is 0.355. The van der Waals surface area contributed by atoms with Crippen LogP contribution >= 0.6 is 27.5 Å². The number of aliphatic carboxylic acids is 1. The van der Waals surface area contributed by atoms with Crippen molar-refractivity contribution in [3.63, 3.8) is 0 Å². The molecule has 20 heavy (non-hydrogen) atoms. The molecule has 1 N–H and O–H groups in total. The summed E-state index contributed by atoms with van der Waals surface area (Å²) in [5, 5.41) is 14.3. The number of carboxylic acids is 1. The third-order valence-electron chi connectivity index (χ3n) is 3.21. The summed E-state index contributed by atoms with van der Waals surface area (Å²) in [6.45, 7) is 1.88. The van der Waals surface area contributed by atoms with E-state index in [4.69, 9.17) is 11.6 Å². The normalized spacial score (nSPS) is 12.4. The summed E-state index contributed by atoms with van der Waals surface area (Å²) in [7, 11) is 1.81. The van der Waals surface area contributed by atoms with Gasteiger partial charge in [0.25, 0.3) is 0 Å². The quantitative estimate of drug-likeness (QED) is 0.910. The standard InChI is InChI=1S/C14H14BrClN2O2/c1-8-13(15)12(18(2)17-8)7-11(14(19)20)9-4-3-5-10(16)6-9/h3-6,11H,7H2,1-2H3,(H,19,20). The van der Waals surface area contributed by atoms with Gasteiger partial charge in [-0.15, -0.1) is 0 Å². The maximum Gasteiger partial charge on any atom is 0.311 e. The second-order valence-corrected chi connectivity index (χ2v) is 5.85. The fourth-order valence-corrected chi connectivity index (χ4v) is 2.86. The largest absolute Gasteiger partial charge is 0.481 e. The molecule has 1 heterocycles. The molecule has 0 aliphatic rings. The van der Waals surface area contributed by atoms with Crippen LogP contribution in [0.4, 0.5) is 0 Å². The van der Waals surface area contributed by atoms with E-state index in [9.17, 15) is 9.90 Å².